The van der Waals surface area contributed by atoms with E-state index in [4.69, 9.17) is 9.47 Å². The van der Waals surface area contributed by atoms with Crippen LogP contribution < -0.4 is 10.6 Å². The smallest absolute Gasteiger partial charge is 0.191 e. The molecule has 5 heteroatoms. The number of nitrogens with zero attached hydrogens (tertiary/aromatic N) is 1. The molecule has 1 aromatic carbocycles. The van der Waals surface area contributed by atoms with Gasteiger partial charge in [-0.2, -0.15) is 0 Å². The van der Waals surface area contributed by atoms with Crippen molar-refractivity contribution in [2.45, 2.75) is 43.9 Å². The van der Waals surface area contributed by atoms with Crippen LogP contribution in [0.25, 0.3) is 0 Å². The van der Waals surface area contributed by atoms with Crippen LogP contribution in [0.1, 0.15) is 44.1 Å². The Hall–Kier alpha value is -1.59. The molecule has 150 valence electrons. The van der Waals surface area contributed by atoms with Gasteiger partial charge in [0.25, 0.3) is 0 Å². The maximum atomic E-state index is 5.83. The molecular weight excluding hydrogens is 338 g/mol. The van der Waals surface area contributed by atoms with E-state index in [0.29, 0.717) is 5.92 Å². The van der Waals surface area contributed by atoms with Crippen molar-refractivity contribution in [2.75, 3.05) is 46.6 Å². The number of guanidine groups is 1. The predicted octanol–water partition coefficient (Wildman–Crippen LogP) is 3.11. The van der Waals surface area contributed by atoms with Crippen LogP contribution in [0.5, 0.6) is 0 Å². The van der Waals surface area contributed by atoms with Gasteiger partial charge in [0, 0.05) is 52.0 Å². The summed E-state index contributed by atoms with van der Waals surface area (Å²) in [5.41, 5.74) is 1.71. The maximum absolute atomic E-state index is 5.83. The number of rotatable bonds is 9. The molecule has 1 saturated heterocycles. The van der Waals surface area contributed by atoms with E-state index in [1.165, 1.54) is 24.8 Å². The van der Waals surface area contributed by atoms with Gasteiger partial charge in [0.05, 0.1) is 0 Å². The summed E-state index contributed by atoms with van der Waals surface area (Å²) in [6.07, 6.45) is 7.08. The number of hydrogen-bond donors (Lipinski definition) is 2. The molecule has 0 bridgehead atoms. The fourth-order valence-electron chi connectivity index (χ4n) is 3.98. The Balaban J connectivity index is 1.31. The van der Waals surface area contributed by atoms with Gasteiger partial charge in [-0.15, -0.1) is 0 Å². The lowest BCUT2D eigenvalue weighted by atomic mass is 9.64. The van der Waals surface area contributed by atoms with Crippen LogP contribution in [-0.4, -0.2) is 52.5 Å². The summed E-state index contributed by atoms with van der Waals surface area (Å²) in [6.45, 7) is 5.28. The molecule has 27 heavy (non-hydrogen) atoms. The first-order valence-electron chi connectivity index (χ1n) is 10.5. The third kappa shape index (κ3) is 5.94. The average Bonchev–Trinajstić information content (AvgIpc) is 2.69. The van der Waals surface area contributed by atoms with E-state index in [1.807, 2.05) is 7.05 Å². The van der Waals surface area contributed by atoms with Gasteiger partial charge in [-0.1, -0.05) is 36.8 Å². The highest BCUT2D eigenvalue weighted by Gasteiger charge is 2.38. The second-order valence-electron chi connectivity index (χ2n) is 7.84. The second-order valence-corrected chi connectivity index (χ2v) is 7.84. The van der Waals surface area contributed by atoms with Crippen LogP contribution in [0, 0.1) is 5.92 Å². The van der Waals surface area contributed by atoms with Crippen LogP contribution in [0.4, 0.5) is 0 Å². The normalized spacial score (nSPS) is 20.1. The van der Waals surface area contributed by atoms with Crippen molar-refractivity contribution in [1.29, 1.82) is 0 Å². The van der Waals surface area contributed by atoms with E-state index >= 15 is 0 Å². The minimum atomic E-state index is 0.270. The molecule has 0 unspecified atom stereocenters. The lowest BCUT2D eigenvalue weighted by molar-refractivity contribution is 0.0203. The summed E-state index contributed by atoms with van der Waals surface area (Å²) in [5, 5.41) is 6.96. The molecule has 0 radical (unpaired) electrons. The number of benzene rings is 1. The molecular formula is C22H35N3O2. The van der Waals surface area contributed by atoms with Gasteiger partial charge in [0.2, 0.25) is 0 Å². The zero-order valence-corrected chi connectivity index (χ0v) is 16.7. The molecule has 2 fully saturated rings. The van der Waals surface area contributed by atoms with Crippen molar-refractivity contribution in [3.05, 3.63) is 35.9 Å². The SMILES string of the molecule is CN=C(NCCCOCC1CCOCC1)NCC1(c2ccccc2)CCC1. The quantitative estimate of drug-likeness (QED) is 0.397. The molecule has 0 aromatic heterocycles. The average molecular weight is 374 g/mol. The molecule has 0 atom stereocenters. The zero-order valence-electron chi connectivity index (χ0n) is 16.7. The molecule has 1 aromatic rings. The number of ether oxygens (including phenoxy) is 2. The highest BCUT2D eigenvalue weighted by Crippen LogP contribution is 2.43. The van der Waals surface area contributed by atoms with Gasteiger partial charge in [-0.3, -0.25) is 4.99 Å². The lowest BCUT2D eigenvalue weighted by Gasteiger charge is -2.43. The first kappa shape index (κ1) is 20.2. The van der Waals surface area contributed by atoms with Gasteiger partial charge >= 0.3 is 0 Å². The minimum Gasteiger partial charge on any atom is -0.381 e. The Morgan fingerprint density at radius 1 is 1.19 bits per heavy atom. The Labute approximate surface area is 163 Å². The Bertz CT molecular complexity index is 566. The first-order chi connectivity index (χ1) is 13.3. The fraction of sp³-hybridized carbons (Fsp3) is 0.682. The molecule has 3 rings (SSSR count). The van der Waals surface area contributed by atoms with Crippen LogP contribution in [-0.2, 0) is 14.9 Å². The van der Waals surface area contributed by atoms with Crippen LogP contribution in [0.3, 0.4) is 0 Å². The summed E-state index contributed by atoms with van der Waals surface area (Å²) >= 11 is 0. The summed E-state index contributed by atoms with van der Waals surface area (Å²) in [7, 11) is 1.84. The van der Waals surface area contributed by atoms with Crippen molar-refractivity contribution in [2.24, 2.45) is 10.9 Å². The molecule has 0 spiro atoms. The number of nitrogens with one attached hydrogen (secondary N) is 2. The molecule has 1 aliphatic carbocycles. The Morgan fingerprint density at radius 2 is 1.96 bits per heavy atom. The molecule has 5 nitrogen and oxygen atoms in total. The van der Waals surface area contributed by atoms with Crippen molar-refractivity contribution < 1.29 is 9.47 Å². The number of hydrogen-bond acceptors (Lipinski definition) is 3. The van der Waals surface area contributed by atoms with Crippen molar-refractivity contribution in [1.82, 2.24) is 10.6 Å². The highest BCUT2D eigenvalue weighted by atomic mass is 16.5. The topological polar surface area (TPSA) is 54.9 Å². The first-order valence-corrected chi connectivity index (χ1v) is 10.5. The van der Waals surface area contributed by atoms with Crippen molar-refractivity contribution in [3.63, 3.8) is 0 Å². The summed E-state index contributed by atoms with van der Waals surface area (Å²) in [5.74, 6) is 1.57. The Kier molecular flexibility index (Phi) is 7.96. The summed E-state index contributed by atoms with van der Waals surface area (Å²) in [4.78, 5) is 4.37. The Morgan fingerprint density at radius 3 is 2.63 bits per heavy atom. The van der Waals surface area contributed by atoms with Crippen LogP contribution >= 0.6 is 0 Å². The maximum Gasteiger partial charge on any atom is 0.191 e. The van der Waals surface area contributed by atoms with E-state index in [0.717, 1.165) is 64.7 Å². The third-order valence-electron chi connectivity index (χ3n) is 5.97. The van der Waals surface area contributed by atoms with Gasteiger partial charge in [-0.25, -0.2) is 0 Å². The fourth-order valence-corrected chi connectivity index (χ4v) is 3.98. The highest BCUT2D eigenvalue weighted by molar-refractivity contribution is 5.79. The van der Waals surface area contributed by atoms with Gasteiger partial charge in [-0.05, 0) is 43.6 Å². The monoisotopic (exact) mass is 373 g/mol. The molecule has 2 N–H and O–H groups in total. The largest absolute Gasteiger partial charge is 0.381 e. The van der Waals surface area contributed by atoms with Crippen LogP contribution in [0.2, 0.25) is 0 Å². The molecule has 1 saturated carbocycles. The minimum absolute atomic E-state index is 0.270. The molecule has 1 heterocycles. The summed E-state index contributed by atoms with van der Waals surface area (Å²) in [6, 6.07) is 10.9. The standard InChI is InChI=1S/C22H35N3O2/c1-23-21(24-13-6-14-27-17-19-9-15-26-16-10-19)25-18-22(11-5-12-22)20-7-3-2-4-8-20/h2-4,7-8,19H,5-6,9-18H2,1H3,(H2,23,24,25). The van der Waals surface area contributed by atoms with E-state index < -0.39 is 0 Å². The molecule has 2 aliphatic rings. The van der Waals surface area contributed by atoms with E-state index in [9.17, 15) is 0 Å². The van der Waals surface area contributed by atoms with E-state index in [1.54, 1.807) is 0 Å². The lowest BCUT2D eigenvalue weighted by Crippen LogP contribution is -2.49. The summed E-state index contributed by atoms with van der Waals surface area (Å²) < 4.78 is 11.2. The van der Waals surface area contributed by atoms with Gasteiger partial charge < -0.3 is 20.1 Å². The molecule has 1 aliphatic heterocycles. The van der Waals surface area contributed by atoms with Gasteiger partial charge in [0.1, 0.15) is 0 Å². The van der Waals surface area contributed by atoms with Gasteiger partial charge in [0.15, 0.2) is 5.96 Å². The number of aliphatic imine (C=N–C) groups is 1. The van der Waals surface area contributed by atoms with Crippen molar-refractivity contribution >= 4 is 5.96 Å². The predicted molar refractivity (Wildman–Crippen MR) is 110 cm³/mol. The van der Waals surface area contributed by atoms with E-state index in [2.05, 4.69) is 46.0 Å². The second kappa shape index (κ2) is 10.7. The molecule has 0 amide bonds. The van der Waals surface area contributed by atoms with Crippen molar-refractivity contribution in [3.8, 4) is 0 Å². The third-order valence-corrected chi connectivity index (χ3v) is 5.97. The zero-order chi connectivity index (χ0) is 18.8. The van der Waals surface area contributed by atoms with E-state index in [-0.39, 0.29) is 5.41 Å². The van der Waals surface area contributed by atoms with Crippen LogP contribution in [0.15, 0.2) is 35.3 Å².